The van der Waals surface area contributed by atoms with Crippen molar-refractivity contribution >= 4 is 0 Å². The topological polar surface area (TPSA) is 49.7 Å². The van der Waals surface area contributed by atoms with Gasteiger partial charge in [0.15, 0.2) is 5.76 Å². The molecule has 0 aromatic heterocycles. The fourth-order valence-corrected chi connectivity index (χ4v) is 1.92. The number of aliphatic hydroxyl groups is 2. The first kappa shape index (κ1) is 18.0. The number of allylic oxidation sites excluding steroid dienone is 1. The normalized spacial score (nSPS) is 14.0. The zero-order valence-corrected chi connectivity index (χ0v) is 12.5. The van der Waals surface area contributed by atoms with Crippen LogP contribution in [0.3, 0.4) is 0 Å². The van der Waals surface area contributed by atoms with Crippen LogP contribution in [0, 0.1) is 0 Å². The highest BCUT2D eigenvalue weighted by Crippen LogP contribution is 2.18. The quantitative estimate of drug-likeness (QED) is 0.296. The average Bonchev–Trinajstić information content (AvgIpc) is 2.42. The zero-order valence-electron chi connectivity index (χ0n) is 12.5. The highest BCUT2D eigenvalue weighted by Gasteiger charge is 2.17. The molecule has 3 heteroatoms. The van der Waals surface area contributed by atoms with E-state index in [1.807, 2.05) is 0 Å². The summed E-state index contributed by atoms with van der Waals surface area (Å²) in [6.45, 7) is 8.25. The highest BCUT2D eigenvalue weighted by atomic mass is 16.5. The molecule has 0 aliphatic carbocycles. The molecule has 0 saturated carbocycles. The Balaban J connectivity index is 4.41. The van der Waals surface area contributed by atoms with E-state index in [2.05, 4.69) is 20.4 Å². The van der Waals surface area contributed by atoms with Gasteiger partial charge in [0.1, 0.15) is 11.9 Å². The number of hydrogen-bond donors (Lipinski definition) is 2. The van der Waals surface area contributed by atoms with Crippen molar-refractivity contribution in [2.24, 2.45) is 0 Å². The first-order valence-corrected chi connectivity index (χ1v) is 7.50. The molecule has 1 atom stereocenters. The van der Waals surface area contributed by atoms with Crippen LogP contribution >= 0.6 is 0 Å². The third-order valence-corrected chi connectivity index (χ3v) is 3.10. The average molecular weight is 270 g/mol. The maximum absolute atomic E-state index is 10.1. The van der Waals surface area contributed by atoms with E-state index in [1.54, 1.807) is 6.08 Å². The van der Waals surface area contributed by atoms with Gasteiger partial charge in [-0.15, -0.1) is 6.58 Å². The largest absolute Gasteiger partial charge is 0.509 e. The lowest BCUT2D eigenvalue weighted by atomic mass is 10.1. The Labute approximate surface area is 118 Å². The van der Waals surface area contributed by atoms with Crippen molar-refractivity contribution in [1.29, 1.82) is 0 Å². The minimum atomic E-state index is -0.397. The number of unbranched alkanes of at least 4 members (excludes halogenated alkanes) is 4. The Hall–Kier alpha value is -0.960. The Morgan fingerprint density at radius 1 is 1.11 bits per heavy atom. The van der Waals surface area contributed by atoms with Crippen molar-refractivity contribution in [1.82, 2.24) is 0 Å². The summed E-state index contributed by atoms with van der Waals surface area (Å²) < 4.78 is 5.54. The summed E-state index contributed by atoms with van der Waals surface area (Å²) in [5, 5.41) is 20.0. The Morgan fingerprint density at radius 3 is 2.32 bits per heavy atom. The lowest BCUT2D eigenvalue weighted by Crippen LogP contribution is -2.18. The van der Waals surface area contributed by atoms with Crippen LogP contribution in [-0.4, -0.2) is 22.9 Å². The molecule has 0 aliphatic rings. The number of rotatable bonds is 12. The van der Waals surface area contributed by atoms with Crippen LogP contribution in [0.1, 0.15) is 65.2 Å². The molecule has 19 heavy (non-hydrogen) atoms. The Bertz CT molecular complexity index is 259. The van der Waals surface area contributed by atoms with Crippen molar-refractivity contribution in [3.05, 3.63) is 24.2 Å². The highest BCUT2D eigenvalue weighted by molar-refractivity contribution is 5.04. The van der Waals surface area contributed by atoms with Crippen LogP contribution < -0.4 is 0 Å². The molecule has 0 aromatic carbocycles. The van der Waals surface area contributed by atoms with Gasteiger partial charge in [0, 0.05) is 6.42 Å². The maximum atomic E-state index is 10.1. The number of hydrogen-bond acceptors (Lipinski definition) is 3. The molecule has 0 heterocycles. The second-order valence-electron chi connectivity index (χ2n) is 4.90. The first-order chi connectivity index (χ1) is 9.17. The SMILES string of the molecule is C=CCOC(CCCCC)C(O)=C(O)CCCCC. The van der Waals surface area contributed by atoms with E-state index in [0.29, 0.717) is 13.0 Å². The smallest absolute Gasteiger partial charge is 0.159 e. The van der Waals surface area contributed by atoms with Gasteiger partial charge in [-0.05, 0) is 12.8 Å². The van der Waals surface area contributed by atoms with Crippen LogP contribution in [0.4, 0.5) is 0 Å². The molecule has 0 aromatic rings. The Kier molecular flexibility index (Phi) is 11.5. The molecule has 0 aliphatic heterocycles. The predicted molar refractivity (Wildman–Crippen MR) is 80.5 cm³/mol. The summed E-state index contributed by atoms with van der Waals surface area (Å²) in [4.78, 5) is 0. The van der Waals surface area contributed by atoms with E-state index in [4.69, 9.17) is 4.74 Å². The summed E-state index contributed by atoms with van der Waals surface area (Å²) in [7, 11) is 0. The maximum Gasteiger partial charge on any atom is 0.159 e. The third kappa shape index (κ3) is 8.71. The molecule has 112 valence electrons. The van der Waals surface area contributed by atoms with E-state index < -0.39 is 6.10 Å². The summed E-state index contributed by atoms with van der Waals surface area (Å²) in [6, 6.07) is 0. The summed E-state index contributed by atoms with van der Waals surface area (Å²) >= 11 is 0. The third-order valence-electron chi connectivity index (χ3n) is 3.10. The predicted octanol–water partition coefficient (Wildman–Crippen LogP) is 5.05. The molecule has 0 saturated heterocycles. The lowest BCUT2D eigenvalue weighted by molar-refractivity contribution is 0.0533. The van der Waals surface area contributed by atoms with Crippen LogP contribution in [0.25, 0.3) is 0 Å². The summed E-state index contributed by atoms with van der Waals surface area (Å²) in [6.07, 6.45) is 8.82. The van der Waals surface area contributed by atoms with Crippen molar-refractivity contribution < 1.29 is 14.9 Å². The summed E-state index contributed by atoms with van der Waals surface area (Å²) in [5.74, 6) is 0.0908. The molecule has 0 amide bonds. The standard InChI is InChI=1S/C16H30O3/c1-4-7-9-11-14(17)16(18)15(19-13-6-3)12-10-8-5-2/h6,15,17-18H,3-5,7-13H2,1-2H3. The lowest BCUT2D eigenvalue weighted by Gasteiger charge is -2.17. The van der Waals surface area contributed by atoms with E-state index in [9.17, 15) is 10.2 Å². The van der Waals surface area contributed by atoms with Crippen LogP contribution in [0.2, 0.25) is 0 Å². The monoisotopic (exact) mass is 270 g/mol. The molecular formula is C16H30O3. The van der Waals surface area contributed by atoms with E-state index >= 15 is 0 Å². The molecule has 1 unspecified atom stereocenters. The van der Waals surface area contributed by atoms with Gasteiger partial charge < -0.3 is 14.9 Å². The second-order valence-corrected chi connectivity index (χ2v) is 4.90. The molecule has 0 fully saturated rings. The van der Waals surface area contributed by atoms with Crippen LogP contribution in [0.15, 0.2) is 24.2 Å². The van der Waals surface area contributed by atoms with E-state index in [1.165, 1.54) is 0 Å². The summed E-state index contributed by atoms with van der Waals surface area (Å²) in [5.41, 5.74) is 0. The van der Waals surface area contributed by atoms with Gasteiger partial charge in [0.2, 0.25) is 0 Å². The van der Waals surface area contributed by atoms with Crippen molar-refractivity contribution in [2.75, 3.05) is 6.61 Å². The molecule has 2 N–H and O–H groups in total. The van der Waals surface area contributed by atoms with Crippen LogP contribution in [-0.2, 0) is 4.74 Å². The first-order valence-electron chi connectivity index (χ1n) is 7.50. The minimum absolute atomic E-state index is 0.00839. The van der Waals surface area contributed by atoms with Gasteiger partial charge in [-0.25, -0.2) is 0 Å². The molecule has 3 nitrogen and oxygen atoms in total. The van der Waals surface area contributed by atoms with Gasteiger partial charge in [-0.2, -0.15) is 0 Å². The van der Waals surface area contributed by atoms with E-state index in [0.717, 1.165) is 44.9 Å². The van der Waals surface area contributed by atoms with Crippen molar-refractivity contribution in [3.63, 3.8) is 0 Å². The number of ether oxygens (including phenoxy) is 1. The fourth-order valence-electron chi connectivity index (χ4n) is 1.92. The Morgan fingerprint density at radius 2 is 1.74 bits per heavy atom. The van der Waals surface area contributed by atoms with Crippen molar-refractivity contribution in [3.8, 4) is 0 Å². The van der Waals surface area contributed by atoms with Gasteiger partial charge in [-0.1, -0.05) is 52.0 Å². The molecule has 0 rings (SSSR count). The van der Waals surface area contributed by atoms with Gasteiger partial charge in [0.05, 0.1) is 6.61 Å². The van der Waals surface area contributed by atoms with E-state index in [-0.39, 0.29) is 11.5 Å². The van der Waals surface area contributed by atoms with Crippen LogP contribution in [0.5, 0.6) is 0 Å². The van der Waals surface area contributed by atoms with Crippen molar-refractivity contribution in [2.45, 2.75) is 71.3 Å². The molecular weight excluding hydrogens is 240 g/mol. The molecule has 0 bridgehead atoms. The fraction of sp³-hybridized carbons (Fsp3) is 0.750. The van der Waals surface area contributed by atoms with Gasteiger partial charge >= 0.3 is 0 Å². The molecule has 0 spiro atoms. The molecule has 0 radical (unpaired) electrons. The van der Waals surface area contributed by atoms with Gasteiger partial charge in [0.25, 0.3) is 0 Å². The second kappa shape index (κ2) is 12.1. The van der Waals surface area contributed by atoms with Gasteiger partial charge in [-0.3, -0.25) is 0 Å². The number of aliphatic hydroxyl groups excluding tert-OH is 2. The zero-order chi connectivity index (χ0) is 14.5. The minimum Gasteiger partial charge on any atom is -0.509 e.